The van der Waals surface area contributed by atoms with Gasteiger partial charge in [0.25, 0.3) is 5.91 Å². The molecule has 0 bridgehead atoms. The molecule has 4 rings (SSSR count). The molecular formula is C27H27NO4. The van der Waals surface area contributed by atoms with Crippen molar-refractivity contribution in [2.24, 2.45) is 0 Å². The number of carbonyl (C=O) groups excluding carboxylic acids is 1. The Hall–Kier alpha value is -3.73. The molecule has 3 aromatic rings. The molecule has 5 nitrogen and oxygen atoms in total. The van der Waals surface area contributed by atoms with Gasteiger partial charge in [0.15, 0.2) is 5.76 Å². The molecule has 0 aromatic heterocycles. The molecule has 1 atom stereocenters. The molecule has 1 heterocycles. The van der Waals surface area contributed by atoms with E-state index in [1.165, 1.54) is 5.56 Å². The summed E-state index contributed by atoms with van der Waals surface area (Å²) >= 11 is 0. The first-order valence-electron chi connectivity index (χ1n) is 10.7. The predicted molar refractivity (Wildman–Crippen MR) is 125 cm³/mol. The maximum Gasteiger partial charge on any atom is 0.290 e. The normalized spacial score (nSPS) is 15.9. The first-order chi connectivity index (χ1) is 15.5. The number of ether oxygens (including phenoxy) is 2. The highest BCUT2D eigenvalue weighted by Crippen LogP contribution is 2.44. The van der Waals surface area contributed by atoms with Gasteiger partial charge in [0.2, 0.25) is 0 Å². The highest BCUT2D eigenvalue weighted by atomic mass is 16.5. The monoisotopic (exact) mass is 429 g/mol. The molecule has 3 aromatic carbocycles. The van der Waals surface area contributed by atoms with E-state index in [0.29, 0.717) is 12.1 Å². The van der Waals surface area contributed by atoms with Crippen LogP contribution in [0.25, 0.3) is 5.57 Å². The fourth-order valence-corrected chi connectivity index (χ4v) is 4.13. The lowest BCUT2D eigenvalue weighted by Gasteiger charge is -2.28. The number of methoxy groups -OCH3 is 2. The van der Waals surface area contributed by atoms with Crippen LogP contribution in [0.2, 0.25) is 0 Å². The maximum absolute atomic E-state index is 13.2. The summed E-state index contributed by atoms with van der Waals surface area (Å²) in [5.74, 6) is 0.839. The zero-order valence-electron chi connectivity index (χ0n) is 18.5. The standard InChI is InChI=1S/C27H27NO4/c1-4-18-8-10-21(11-9-18)25-24(20-12-14-22(31-2)15-13-20)26(29)27(30)28(25)17-19-6-5-7-23(16-19)32-3/h5-16,25,29H,4,17H2,1-3H3/t25-/m0/s1. The molecule has 1 amide bonds. The van der Waals surface area contributed by atoms with Gasteiger partial charge < -0.3 is 19.5 Å². The highest BCUT2D eigenvalue weighted by molar-refractivity contribution is 6.05. The van der Waals surface area contributed by atoms with Gasteiger partial charge >= 0.3 is 0 Å². The van der Waals surface area contributed by atoms with Gasteiger partial charge in [-0.05, 0) is 52.9 Å². The van der Waals surface area contributed by atoms with Crippen LogP contribution in [0.4, 0.5) is 0 Å². The smallest absolute Gasteiger partial charge is 0.290 e. The molecule has 0 spiro atoms. The third kappa shape index (κ3) is 4.06. The Labute approximate surface area is 188 Å². The zero-order chi connectivity index (χ0) is 22.7. The van der Waals surface area contributed by atoms with Crippen molar-refractivity contribution >= 4 is 11.5 Å². The quantitative estimate of drug-likeness (QED) is 0.552. The number of amides is 1. The molecular weight excluding hydrogens is 402 g/mol. The van der Waals surface area contributed by atoms with E-state index in [9.17, 15) is 9.90 Å². The van der Waals surface area contributed by atoms with Crippen molar-refractivity contribution in [3.8, 4) is 11.5 Å². The summed E-state index contributed by atoms with van der Waals surface area (Å²) in [7, 11) is 3.23. The Morgan fingerprint density at radius 2 is 1.56 bits per heavy atom. The molecule has 0 fully saturated rings. The van der Waals surface area contributed by atoms with E-state index < -0.39 is 6.04 Å². The van der Waals surface area contributed by atoms with E-state index in [4.69, 9.17) is 9.47 Å². The number of benzene rings is 3. The van der Waals surface area contributed by atoms with E-state index in [0.717, 1.165) is 34.6 Å². The van der Waals surface area contributed by atoms with Crippen molar-refractivity contribution in [3.05, 3.63) is 101 Å². The van der Waals surface area contributed by atoms with E-state index in [1.54, 1.807) is 19.1 Å². The maximum atomic E-state index is 13.2. The van der Waals surface area contributed by atoms with Crippen molar-refractivity contribution in [2.75, 3.05) is 14.2 Å². The van der Waals surface area contributed by atoms with Crippen LogP contribution in [0.5, 0.6) is 11.5 Å². The number of aliphatic hydroxyl groups is 1. The lowest BCUT2D eigenvalue weighted by Crippen LogP contribution is -2.29. The minimum atomic E-state index is -0.409. The number of hydrogen-bond acceptors (Lipinski definition) is 4. The van der Waals surface area contributed by atoms with Gasteiger partial charge in [-0.15, -0.1) is 0 Å². The minimum Gasteiger partial charge on any atom is -0.503 e. The summed E-state index contributed by atoms with van der Waals surface area (Å²) in [5, 5.41) is 11.0. The highest BCUT2D eigenvalue weighted by Gasteiger charge is 2.41. The van der Waals surface area contributed by atoms with Crippen molar-refractivity contribution in [3.63, 3.8) is 0 Å². The van der Waals surface area contributed by atoms with Crippen LogP contribution in [-0.4, -0.2) is 30.1 Å². The first kappa shape index (κ1) is 21.5. The van der Waals surface area contributed by atoms with Gasteiger partial charge in [0.1, 0.15) is 11.5 Å². The fraction of sp³-hybridized carbons (Fsp3) is 0.222. The summed E-state index contributed by atoms with van der Waals surface area (Å²) < 4.78 is 10.6. The number of hydrogen-bond donors (Lipinski definition) is 1. The predicted octanol–water partition coefficient (Wildman–Crippen LogP) is 5.32. The van der Waals surface area contributed by atoms with Crippen molar-refractivity contribution < 1.29 is 19.4 Å². The number of nitrogens with zero attached hydrogens (tertiary/aromatic N) is 1. The van der Waals surface area contributed by atoms with Crippen LogP contribution in [0.3, 0.4) is 0 Å². The Morgan fingerprint density at radius 3 is 2.19 bits per heavy atom. The SMILES string of the molecule is CCc1ccc([C@H]2C(c3ccc(OC)cc3)=C(O)C(=O)N2Cc2cccc(OC)c2)cc1. The average molecular weight is 430 g/mol. The number of rotatable bonds is 7. The summed E-state index contributed by atoms with van der Waals surface area (Å²) in [4.78, 5) is 15.0. The summed E-state index contributed by atoms with van der Waals surface area (Å²) in [6.07, 6.45) is 0.934. The van der Waals surface area contributed by atoms with E-state index in [-0.39, 0.29) is 11.7 Å². The van der Waals surface area contributed by atoms with Crippen molar-refractivity contribution in [1.29, 1.82) is 0 Å². The number of aryl methyl sites for hydroxylation is 1. The van der Waals surface area contributed by atoms with Crippen LogP contribution in [0.15, 0.2) is 78.6 Å². The average Bonchev–Trinajstić information content (AvgIpc) is 3.09. The molecule has 5 heteroatoms. The largest absolute Gasteiger partial charge is 0.503 e. The Balaban J connectivity index is 1.78. The van der Waals surface area contributed by atoms with E-state index >= 15 is 0 Å². The molecule has 1 aliphatic rings. The van der Waals surface area contributed by atoms with Gasteiger partial charge in [-0.2, -0.15) is 0 Å². The van der Waals surface area contributed by atoms with Gasteiger partial charge in [0, 0.05) is 12.1 Å². The molecule has 0 saturated carbocycles. The topological polar surface area (TPSA) is 59.0 Å². The fourth-order valence-electron chi connectivity index (χ4n) is 4.13. The Bertz CT molecular complexity index is 1130. The van der Waals surface area contributed by atoms with Crippen LogP contribution in [-0.2, 0) is 17.8 Å². The van der Waals surface area contributed by atoms with Gasteiger partial charge in [0.05, 0.1) is 20.3 Å². The van der Waals surface area contributed by atoms with Crippen molar-refractivity contribution in [2.45, 2.75) is 25.9 Å². The number of aliphatic hydroxyl groups excluding tert-OH is 1. The second kappa shape index (κ2) is 9.18. The Kier molecular flexibility index (Phi) is 6.17. The lowest BCUT2D eigenvalue weighted by molar-refractivity contribution is -0.130. The van der Waals surface area contributed by atoms with Gasteiger partial charge in [-0.1, -0.05) is 55.5 Å². The van der Waals surface area contributed by atoms with E-state index in [2.05, 4.69) is 19.1 Å². The van der Waals surface area contributed by atoms with Crippen LogP contribution in [0.1, 0.15) is 35.2 Å². The molecule has 0 saturated heterocycles. The van der Waals surface area contributed by atoms with Crippen LogP contribution < -0.4 is 9.47 Å². The first-order valence-corrected chi connectivity index (χ1v) is 10.7. The van der Waals surface area contributed by atoms with Crippen LogP contribution in [0, 0.1) is 0 Å². The molecule has 164 valence electrons. The number of carbonyl (C=O) groups is 1. The summed E-state index contributed by atoms with van der Waals surface area (Å²) in [6, 6.07) is 22.9. The minimum absolute atomic E-state index is 0.220. The molecule has 1 N–H and O–H groups in total. The van der Waals surface area contributed by atoms with Gasteiger partial charge in [-0.3, -0.25) is 4.79 Å². The molecule has 1 aliphatic heterocycles. The van der Waals surface area contributed by atoms with E-state index in [1.807, 2.05) is 60.7 Å². The third-order valence-electron chi connectivity index (χ3n) is 5.90. The summed E-state index contributed by atoms with van der Waals surface area (Å²) in [6.45, 7) is 2.46. The van der Waals surface area contributed by atoms with Gasteiger partial charge in [-0.25, -0.2) is 0 Å². The summed E-state index contributed by atoms with van der Waals surface area (Å²) in [5.41, 5.74) is 4.49. The second-order valence-electron chi connectivity index (χ2n) is 7.77. The molecule has 32 heavy (non-hydrogen) atoms. The third-order valence-corrected chi connectivity index (χ3v) is 5.90. The van der Waals surface area contributed by atoms with Crippen molar-refractivity contribution in [1.82, 2.24) is 4.90 Å². The molecule has 0 unspecified atom stereocenters. The lowest BCUT2D eigenvalue weighted by atomic mass is 9.92. The molecule has 0 aliphatic carbocycles. The Morgan fingerprint density at radius 1 is 0.875 bits per heavy atom. The zero-order valence-corrected chi connectivity index (χ0v) is 18.5. The second-order valence-corrected chi connectivity index (χ2v) is 7.77. The van der Waals surface area contributed by atoms with Crippen LogP contribution >= 0.6 is 0 Å². The molecule has 0 radical (unpaired) electrons.